The largest absolute Gasteiger partial charge is 0.335 e. The van der Waals surface area contributed by atoms with Crippen molar-refractivity contribution in [3.63, 3.8) is 0 Å². The molecule has 2 rings (SSSR count). The lowest BCUT2D eigenvalue weighted by Crippen LogP contribution is -2.50. The lowest BCUT2D eigenvalue weighted by atomic mass is 10.0. The second-order valence-electron chi connectivity index (χ2n) is 6.85. The van der Waals surface area contributed by atoms with E-state index in [1.54, 1.807) is 30.1 Å². The molecule has 0 saturated carbocycles. The molecule has 1 heterocycles. The molecule has 0 spiro atoms. The Morgan fingerprint density at radius 1 is 1.36 bits per heavy atom. The van der Waals surface area contributed by atoms with E-state index in [-0.39, 0.29) is 42.6 Å². The second kappa shape index (κ2) is 7.65. The van der Waals surface area contributed by atoms with E-state index < -0.39 is 6.04 Å². The number of benzene rings is 1. The number of likely N-dealkylation sites (N-methyl/N-ethyl adjacent to an activating group) is 1. The molecule has 0 aliphatic carbocycles. The molecule has 0 aromatic heterocycles. The van der Waals surface area contributed by atoms with E-state index in [2.05, 4.69) is 5.32 Å². The highest BCUT2D eigenvalue weighted by Gasteiger charge is 2.31. The molecule has 3 N–H and O–H groups in total. The van der Waals surface area contributed by atoms with Gasteiger partial charge in [-0.1, -0.05) is 26.0 Å². The van der Waals surface area contributed by atoms with Crippen molar-refractivity contribution in [3.05, 3.63) is 24.3 Å². The number of nitrogens with two attached hydrogens (primary N) is 1. The Hall–Kier alpha value is -2.41. The second-order valence-corrected chi connectivity index (χ2v) is 6.85. The van der Waals surface area contributed by atoms with Crippen molar-refractivity contribution in [1.82, 2.24) is 4.90 Å². The van der Waals surface area contributed by atoms with Gasteiger partial charge in [-0.15, -0.1) is 0 Å². The zero-order chi connectivity index (χ0) is 18.7. The molecule has 7 heteroatoms. The van der Waals surface area contributed by atoms with Gasteiger partial charge in [-0.2, -0.15) is 0 Å². The molecule has 1 aliphatic rings. The van der Waals surface area contributed by atoms with Crippen LogP contribution in [0.25, 0.3) is 0 Å². The van der Waals surface area contributed by atoms with Gasteiger partial charge in [0, 0.05) is 19.5 Å². The summed E-state index contributed by atoms with van der Waals surface area (Å²) in [6.07, 6.45) is 0.198. The fraction of sp³-hybridized carbons (Fsp3) is 0.500. The number of nitrogens with one attached hydrogen (secondary N) is 1. The first-order valence-electron chi connectivity index (χ1n) is 8.43. The summed E-state index contributed by atoms with van der Waals surface area (Å²) in [5.74, 6) is -0.664. The van der Waals surface area contributed by atoms with Gasteiger partial charge in [-0.25, -0.2) is 0 Å². The topological polar surface area (TPSA) is 95.7 Å². The number of carbonyl (C=O) groups excluding carboxylic acids is 3. The number of anilines is 2. The molecular formula is C18H26N4O3. The van der Waals surface area contributed by atoms with Gasteiger partial charge >= 0.3 is 0 Å². The van der Waals surface area contributed by atoms with E-state index in [4.69, 9.17) is 5.73 Å². The first kappa shape index (κ1) is 18.9. The molecule has 0 radical (unpaired) electrons. The summed E-state index contributed by atoms with van der Waals surface area (Å²) in [4.78, 5) is 40.1. The number of fused-ring (bicyclic) bond motifs is 1. The van der Waals surface area contributed by atoms with Crippen LogP contribution in [0.1, 0.15) is 27.2 Å². The van der Waals surface area contributed by atoms with Crippen LogP contribution in [0, 0.1) is 5.92 Å². The average molecular weight is 346 g/mol. The number of amides is 3. The van der Waals surface area contributed by atoms with Crippen LogP contribution in [0.3, 0.4) is 0 Å². The van der Waals surface area contributed by atoms with Crippen LogP contribution in [0.2, 0.25) is 0 Å². The van der Waals surface area contributed by atoms with Crippen LogP contribution in [-0.4, -0.2) is 48.3 Å². The fourth-order valence-corrected chi connectivity index (χ4v) is 2.86. The van der Waals surface area contributed by atoms with E-state index in [9.17, 15) is 14.4 Å². The summed E-state index contributed by atoms with van der Waals surface area (Å²) < 4.78 is 0. The molecule has 7 nitrogen and oxygen atoms in total. The van der Waals surface area contributed by atoms with Gasteiger partial charge < -0.3 is 20.9 Å². The molecule has 136 valence electrons. The van der Waals surface area contributed by atoms with Crippen LogP contribution >= 0.6 is 0 Å². The molecule has 1 aliphatic heterocycles. The molecule has 1 unspecified atom stereocenters. The molecule has 1 aromatic rings. The third-order valence-electron chi connectivity index (χ3n) is 4.38. The Kier molecular flexibility index (Phi) is 5.79. The quantitative estimate of drug-likeness (QED) is 0.856. The summed E-state index contributed by atoms with van der Waals surface area (Å²) in [6, 6.07) is 6.21. The Bertz CT molecular complexity index is 674. The Balaban J connectivity index is 2.23. The van der Waals surface area contributed by atoms with E-state index in [1.165, 1.54) is 4.90 Å². The molecular weight excluding hydrogens is 320 g/mol. The highest BCUT2D eigenvalue weighted by atomic mass is 16.2. The highest BCUT2D eigenvalue weighted by molar-refractivity contribution is 6.05. The predicted octanol–water partition coefficient (Wildman–Crippen LogP) is 1.19. The average Bonchev–Trinajstić information content (AvgIpc) is 2.67. The number of hydrogen-bond donors (Lipinski definition) is 2. The first-order valence-corrected chi connectivity index (χ1v) is 8.43. The maximum Gasteiger partial charge on any atom is 0.246 e. The fourth-order valence-electron chi connectivity index (χ4n) is 2.86. The van der Waals surface area contributed by atoms with Crippen molar-refractivity contribution in [3.8, 4) is 0 Å². The molecule has 0 saturated heterocycles. The smallest absolute Gasteiger partial charge is 0.246 e. The Labute approximate surface area is 148 Å². The van der Waals surface area contributed by atoms with Crippen molar-refractivity contribution < 1.29 is 14.4 Å². The molecule has 0 fully saturated rings. The van der Waals surface area contributed by atoms with Crippen molar-refractivity contribution in [2.24, 2.45) is 11.7 Å². The maximum atomic E-state index is 12.9. The molecule has 2 atom stereocenters. The van der Waals surface area contributed by atoms with Gasteiger partial charge in [-0.3, -0.25) is 14.4 Å². The van der Waals surface area contributed by atoms with Crippen LogP contribution in [0.5, 0.6) is 0 Å². The van der Waals surface area contributed by atoms with Gasteiger partial charge in [0.2, 0.25) is 17.7 Å². The van der Waals surface area contributed by atoms with Crippen LogP contribution in [0.15, 0.2) is 24.3 Å². The van der Waals surface area contributed by atoms with E-state index in [1.807, 2.05) is 26.8 Å². The van der Waals surface area contributed by atoms with Gasteiger partial charge in [0.25, 0.3) is 0 Å². The normalized spacial score (nSPS) is 18.2. The van der Waals surface area contributed by atoms with E-state index in [0.29, 0.717) is 11.4 Å². The molecule has 0 bridgehead atoms. The summed E-state index contributed by atoms with van der Waals surface area (Å²) >= 11 is 0. The van der Waals surface area contributed by atoms with Gasteiger partial charge in [-0.05, 0) is 25.0 Å². The van der Waals surface area contributed by atoms with Crippen LogP contribution < -0.4 is 16.0 Å². The Morgan fingerprint density at radius 2 is 2.00 bits per heavy atom. The lowest BCUT2D eigenvalue weighted by molar-refractivity contribution is -0.136. The van der Waals surface area contributed by atoms with E-state index in [0.717, 1.165) is 0 Å². The number of rotatable bonds is 4. The third kappa shape index (κ3) is 4.17. The zero-order valence-corrected chi connectivity index (χ0v) is 15.2. The van der Waals surface area contributed by atoms with Crippen molar-refractivity contribution in [2.45, 2.75) is 39.3 Å². The lowest BCUT2D eigenvalue weighted by Gasteiger charge is -2.30. The van der Waals surface area contributed by atoms with Gasteiger partial charge in [0.1, 0.15) is 0 Å². The summed E-state index contributed by atoms with van der Waals surface area (Å²) in [6.45, 7) is 5.46. The minimum Gasteiger partial charge on any atom is -0.335 e. The third-order valence-corrected chi connectivity index (χ3v) is 4.38. The summed E-state index contributed by atoms with van der Waals surface area (Å²) in [5.41, 5.74) is 7.13. The van der Waals surface area contributed by atoms with E-state index >= 15 is 0 Å². The first-order chi connectivity index (χ1) is 11.7. The summed E-state index contributed by atoms with van der Waals surface area (Å²) in [5, 5.41) is 2.81. The standard InChI is InChI=1S/C18H26N4O3/c1-11(2)17(19)18(25)21(4)10-16(24)22-12(3)9-15(23)20-13-7-5-6-8-14(13)22/h5-8,11-12,17H,9-10,19H2,1-4H3,(H,20,23)/t12?,17-/m0/s1. The van der Waals surface area contributed by atoms with Crippen molar-refractivity contribution in [2.75, 3.05) is 23.8 Å². The molecule has 1 aromatic carbocycles. The number of para-hydroxylation sites is 2. The summed E-state index contributed by atoms with van der Waals surface area (Å²) in [7, 11) is 1.57. The van der Waals surface area contributed by atoms with Crippen LogP contribution in [-0.2, 0) is 14.4 Å². The molecule has 3 amide bonds. The van der Waals surface area contributed by atoms with Crippen molar-refractivity contribution >= 4 is 29.1 Å². The number of nitrogens with zero attached hydrogens (tertiary/aromatic N) is 2. The number of hydrogen-bond acceptors (Lipinski definition) is 4. The van der Waals surface area contributed by atoms with Crippen LogP contribution in [0.4, 0.5) is 11.4 Å². The zero-order valence-electron chi connectivity index (χ0n) is 15.2. The predicted molar refractivity (Wildman–Crippen MR) is 97.1 cm³/mol. The van der Waals surface area contributed by atoms with Gasteiger partial charge in [0.15, 0.2) is 0 Å². The highest BCUT2D eigenvalue weighted by Crippen LogP contribution is 2.31. The minimum atomic E-state index is -0.644. The minimum absolute atomic E-state index is 0.00953. The van der Waals surface area contributed by atoms with Gasteiger partial charge in [0.05, 0.1) is 24.0 Å². The monoisotopic (exact) mass is 346 g/mol. The SMILES string of the molecule is CC(C)[C@H](N)C(=O)N(C)CC(=O)N1c2ccccc2NC(=O)CC1C. The number of carbonyl (C=O) groups is 3. The maximum absolute atomic E-state index is 12.9. The molecule has 25 heavy (non-hydrogen) atoms. The van der Waals surface area contributed by atoms with Crippen molar-refractivity contribution in [1.29, 1.82) is 0 Å². The Morgan fingerprint density at radius 3 is 2.64 bits per heavy atom.